The van der Waals surface area contributed by atoms with E-state index in [0.29, 0.717) is 23.2 Å². The minimum atomic E-state index is 0.257. The molecule has 0 aromatic carbocycles. The van der Waals surface area contributed by atoms with Gasteiger partial charge in [0.25, 0.3) is 0 Å². The first-order valence-corrected chi connectivity index (χ1v) is 6.81. The zero-order chi connectivity index (χ0) is 13.1. The average molecular weight is 268 g/mol. The number of aromatic nitrogens is 2. The van der Waals surface area contributed by atoms with Crippen LogP contribution < -0.4 is 4.90 Å². The number of hydrogen-bond donors (Lipinski definition) is 0. The van der Waals surface area contributed by atoms with Gasteiger partial charge in [0.1, 0.15) is 16.8 Å². The Kier molecular flexibility index (Phi) is 4.17. The first-order chi connectivity index (χ1) is 8.67. The number of piperidine rings is 1. The normalized spacial score (nSPS) is 19.9. The van der Waals surface area contributed by atoms with Gasteiger partial charge < -0.3 is 4.90 Å². The van der Waals surface area contributed by atoms with Crippen molar-refractivity contribution in [1.29, 1.82) is 0 Å². The topological polar surface area (TPSA) is 46.1 Å². The molecule has 0 aliphatic carbocycles. The number of carbonyl (C=O) groups is 1. The number of aldehydes is 1. The number of halogens is 1. The van der Waals surface area contributed by atoms with Crippen LogP contribution in [0.3, 0.4) is 0 Å². The molecule has 1 fully saturated rings. The Hall–Kier alpha value is -1.16. The van der Waals surface area contributed by atoms with Gasteiger partial charge >= 0.3 is 0 Å². The first-order valence-electron chi connectivity index (χ1n) is 6.43. The summed E-state index contributed by atoms with van der Waals surface area (Å²) in [6.45, 7) is 4.90. The van der Waals surface area contributed by atoms with Crippen LogP contribution in [0, 0.1) is 6.92 Å². The van der Waals surface area contributed by atoms with Crippen LogP contribution in [0.5, 0.6) is 0 Å². The van der Waals surface area contributed by atoms with Gasteiger partial charge in [-0.25, -0.2) is 9.97 Å². The van der Waals surface area contributed by atoms with E-state index >= 15 is 0 Å². The molecule has 1 saturated heterocycles. The highest BCUT2D eigenvalue weighted by atomic mass is 35.5. The van der Waals surface area contributed by atoms with E-state index in [4.69, 9.17) is 11.6 Å². The average Bonchev–Trinajstić information content (AvgIpc) is 2.38. The van der Waals surface area contributed by atoms with Gasteiger partial charge in [0.15, 0.2) is 6.29 Å². The Balaban J connectivity index is 2.44. The molecule has 98 valence electrons. The molecule has 0 spiro atoms. The van der Waals surface area contributed by atoms with Crippen molar-refractivity contribution in [3.8, 4) is 0 Å². The molecule has 0 amide bonds. The number of aryl methyl sites for hydroxylation is 1. The molecular formula is C13H18ClN3O. The summed E-state index contributed by atoms with van der Waals surface area (Å²) >= 11 is 6.04. The van der Waals surface area contributed by atoms with E-state index in [2.05, 4.69) is 21.8 Å². The number of rotatable bonds is 3. The van der Waals surface area contributed by atoms with Crippen molar-refractivity contribution in [2.75, 3.05) is 11.4 Å². The molecule has 18 heavy (non-hydrogen) atoms. The fourth-order valence-electron chi connectivity index (χ4n) is 2.56. The minimum absolute atomic E-state index is 0.257. The van der Waals surface area contributed by atoms with Gasteiger partial charge in [-0.1, -0.05) is 18.5 Å². The monoisotopic (exact) mass is 267 g/mol. The van der Waals surface area contributed by atoms with Gasteiger partial charge in [-0.2, -0.15) is 0 Å². The third kappa shape index (κ3) is 2.48. The first kappa shape index (κ1) is 13.3. The maximum absolute atomic E-state index is 11.2. The molecule has 2 rings (SSSR count). The molecule has 1 aliphatic heterocycles. The lowest BCUT2D eigenvalue weighted by Crippen LogP contribution is -2.40. The minimum Gasteiger partial charge on any atom is -0.353 e. The van der Waals surface area contributed by atoms with Gasteiger partial charge in [0.05, 0.1) is 5.56 Å². The molecule has 5 heteroatoms. The molecule has 1 unspecified atom stereocenters. The summed E-state index contributed by atoms with van der Waals surface area (Å²) < 4.78 is 0. The maximum Gasteiger partial charge on any atom is 0.156 e. The molecule has 1 aromatic rings. The summed E-state index contributed by atoms with van der Waals surface area (Å²) in [5, 5.41) is 0.257. The predicted molar refractivity (Wildman–Crippen MR) is 72.4 cm³/mol. The highest BCUT2D eigenvalue weighted by Crippen LogP contribution is 2.29. The second-order valence-electron chi connectivity index (χ2n) is 4.67. The van der Waals surface area contributed by atoms with Gasteiger partial charge in [-0.3, -0.25) is 4.79 Å². The molecule has 1 aromatic heterocycles. The Morgan fingerprint density at radius 3 is 2.89 bits per heavy atom. The Morgan fingerprint density at radius 2 is 2.22 bits per heavy atom. The lowest BCUT2D eigenvalue weighted by Gasteiger charge is -2.36. The summed E-state index contributed by atoms with van der Waals surface area (Å²) in [5.74, 6) is 1.31. The van der Waals surface area contributed by atoms with E-state index in [9.17, 15) is 4.79 Å². The zero-order valence-corrected chi connectivity index (χ0v) is 11.6. The van der Waals surface area contributed by atoms with E-state index < -0.39 is 0 Å². The summed E-state index contributed by atoms with van der Waals surface area (Å²) in [5.41, 5.74) is 0.419. The van der Waals surface area contributed by atoms with Crippen LogP contribution in [0.2, 0.25) is 5.15 Å². The van der Waals surface area contributed by atoms with E-state index in [1.54, 1.807) is 6.92 Å². The van der Waals surface area contributed by atoms with Crippen molar-refractivity contribution in [3.05, 3.63) is 16.5 Å². The van der Waals surface area contributed by atoms with Gasteiger partial charge in [0.2, 0.25) is 0 Å². The van der Waals surface area contributed by atoms with Crippen molar-refractivity contribution >= 4 is 23.7 Å². The molecule has 4 nitrogen and oxygen atoms in total. The lowest BCUT2D eigenvalue weighted by molar-refractivity contribution is 0.112. The maximum atomic E-state index is 11.2. The molecule has 0 saturated carbocycles. The number of carbonyl (C=O) groups excluding carboxylic acids is 1. The van der Waals surface area contributed by atoms with E-state index in [-0.39, 0.29) is 5.15 Å². The smallest absolute Gasteiger partial charge is 0.156 e. The van der Waals surface area contributed by atoms with Crippen molar-refractivity contribution in [2.24, 2.45) is 0 Å². The second-order valence-corrected chi connectivity index (χ2v) is 5.03. The summed E-state index contributed by atoms with van der Waals surface area (Å²) in [6.07, 6.45) is 5.34. The SMILES string of the molecule is CCC1CCCCN1c1nc(C)nc(Cl)c1C=O. The fraction of sp³-hybridized carbons (Fsp3) is 0.615. The summed E-state index contributed by atoms with van der Waals surface area (Å²) in [4.78, 5) is 21.9. The summed E-state index contributed by atoms with van der Waals surface area (Å²) in [6, 6.07) is 0.447. The Bertz CT molecular complexity index is 450. The van der Waals surface area contributed by atoms with Crippen LogP contribution in [0.15, 0.2) is 0 Å². The molecule has 0 N–H and O–H groups in total. The summed E-state index contributed by atoms with van der Waals surface area (Å²) in [7, 11) is 0. The molecule has 1 aliphatic rings. The fourth-order valence-corrected chi connectivity index (χ4v) is 2.81. The van der Waals surface area contributed by atoms with Gasteiger partial charge in [0, 0.05) is 12.6 Å². The van der Waals surface area contributed by atoms with E-state index in [1.807, 2.05) is 0 Å². The molecule has 0 radical (unpaired) electrons. The van der Waals surface area contributed by atoms with Crippen molar-refractivity contribution in [2.45, 2.75) is 45.6 Å². The van der Waals surface area contributed by atoms with Crippen molar-refractivity contribution in [1.82, 2.24) is 9.97 Å². The van der Waals surface area contributed by atoms with Crippen LogP contribution in [0.1, 0.15) is 48.8 Å². The van der Waals surface area contributed by atoms with Crippen LogP contribution in [-0.2, 0) is 0 Å². The lowest BCUT2D eigenvalue weighted by atomic mass is 9.99. The van der Waals surface area contributed by atoms with E-state index in [1.165, 1.54) is 6.42 Å². The number of nitrogens with zero attached hydrogens (tertiary/aromatic N) is 3. The van der Waals surface area contributed by atoms with Crippen LogP contribution in [0.4, 0.5) is 5.82 Å². The number of hydrogen-bond acceptors (Lipinski definition) is 4. The largest absolute Gasteiger partial charge is 0.353 e. The highest BCUT2D eigenvalue weighted by Gasteiger charge is 2.25. The van der Waals surface area contributed by atoms with Crippen molar-refractivity contribution in [3.63, 3.8) is 0 Å². The second kappa shape index (κ2) is 5.65. The standard InChI is InChI=1S/C13H18ClN3O/c1-3-10-6-4-5-7-17(10)13-11(8-18)12(14)15-9(2)16-13/h8,10H,3-7H2,1-2H3. The van der Waals surface area contributed by atoms with Crippen LogP contribution in [-0.4, -0.2) is 28.8 Å². The van der Waals surface area contributed by atoms with Gasteiger partial charge in [-0.15, -0.1) is 0 Å². The Labute approximate surface area is 112 Å². The third-order valence-electron chi connectivity index (χ3n) is 3.48. The predicted octanol–water partition coefficient (Wildman–Crippen LogP) is 3.02. The highest BCUT2D eigenvalue weighted by molar-refractivity contribution is 6.32. The molecule has 1 atom stereocenters. The van der Waals surface area contributed by atoms with Crippen molar-refractivity contribution < 1.29 is 4.79 Å². The molecular weight excluding hydrogens is 250 g/mol. The van der Waals surface area contributed by atoms with Crippen LogP contribution >= 0.6 is 11.6 Å². The quantitative estimate of drug-likeness (QED) is 0.624. The Morgan fingerprint density at radius 1 is 1.44 bits per heavy atom. The molecule has 0 bridgehead atoms. The van der Waals surface area contributed by atoms with Gasteiger partial charge in [-0.05, 0) is 32.6 Å². The van der Waals surface area contributed by atoms with Crippen LogP contribution in [0.25, 0.3) is 0 Å². The zero-order valence-electron chi connectivity index (χ0n) is 10.8. The van der Waals surface area contributed by atoms with E-state index in [0.717, 1.165) is 32.1 Å². The number of anilines is 1. The molecule has 2 heterocycles. The third-order valence-corrected chi connectivity index (χ3v) is 3.77.